The van der Waals surface area contributed by atoms with Crippen LogP contribution in [-0.2, 0) is 14.3 Å². The molecular formula is C17H26O5. The van der Waals surface area contributed by atoms with Crippen molar-refractivity contribution in [1.82, 2.24) is 0 Å². The van der Waals surface area contributed by atoms with Gasteiger partial charge in [-0.15, -0.1) is 0 Å². The third-order valence-electron chi connectivity index (χ3n) is 4.93. The summed E-state index contributed by atoms with van der Waals surface area (Å²) in [7, 11) is 0. The van der Waals surface area contributed by atoms with E-state index in [9.17, 15) is 15.0 Å². The van der Waals surface area contributed by atoms with Gasteiger partial charge in [0.25, 0.3) is 0 Å². The molecular weight excluding hydrogens is 284 g/mol. The molecule has 0 radical (unpaired) electrons. The van der Waals surface area contributed by atoms with Gasteiger partial charge in [-0.1, -0.05) is 19.9 Å². The highest BCUT2D eigenvalue weighted by Crippen LogP contribution is 2.60. The van der Waals surface area contributed by atoms with Crippen LogP contribution in [0.25, 0.3) is 0 Å². The molecule has 2 fully saturated rings. The first kappa shape index (κ1) is 17.2. The zero-order valence-corrected chi connectivity index (χ0v) is 13.9. The number of hydrogen-bond donors (Lipinski definition) is 2. The zero-order chi connectivity index (χ0) is 16.8. The maximum Gasteiger partial charge on any atom is 0.330 e. The Balaban J connectivity index is 2.23. The van der Waals surface area contributed by atoms with Crippen LogP contribution >= 0.6 is 0 Å². The van der Waals surface area contributed by atoms with Crippen molar-refractivity contribution in [2.75, 3.05) is 6.61 Å². The van der Waals surface area contributed by atoms with E-state index in [2.05, 4.69) is 0 Å². The van der Waals surface area contributed by atoms with Crippen LogP contribution in [0, 0.1) is 5.41 Å². The molecule has 124 valence electrons. The molecule has 2 N–H and O–H groups in total. The summed E-state index contributed by atoms with van der Waals surface area (Å²) in [5.74, 6) is -0.401. The predicted molar refractivity (Wildman–Crippen MR) is 82.2 cm³/mol. The maximum atomic E-state index is 11.4. The normalized spacial score (nSPS) is 40.4. The van der Waals surface area contributed by atoms with Crippen molar-refractivity contribution in [2.24, 2.45) is 5.41 Å². The lowest BCUT2D eigenvalue weighted by molar-refractivity contribution is -0.137. The average Bonchev–Trinajstić information content (AvgIpc) is 3.09. The highest BCUT2D eigenvalue weighted by Gasteiger charge is 2.74. The number of esters is 1. The summed E-state index contributed by atoms with van der Waals surface area (Å²) in [5, 5.41) is 21.3. The molecule has 0 spiro atoms. The van der Waals surface area contributed by atoms with Crippen molar-refractivity contribution in [3.05, 3.63) is 23.8 Å². The molecule has 1 heterocycles. The van der Waals surface area contributed by atoms with Crippen molar-refractivity contribution in [2.45, 2.75) is 64.4 Å². The van der Waals surface area contributed by atoms with Crippen LogP contribution in [0.2, 0.25) is 0 Å². The summed E-state index contributed by atoms with van der Waals surface area (Å²) in [6, 6.07) is 0. The van der Waals surface area contributed by atoms with Crippen LogP contribution < -0.4 is 0 Å². The lowest BCUT2D eigenvalue weighted by atomic mass is 9.59. The molecule has 0 bridgehead atoms. The van der Waals surface area contributed by atoms with Crippen molar-refractivity contribution >= 4 is 5.97 Å². The van der Waals surface area contributed by atoms with E-state index in [4.69, 9.17) is 9.47 Å². The van der Waals surface area contributed by atoms with E-state index in [0.29, 0.717) is 18.6 Å². The van der Waals surface area contributed by atoms with Crippen LogP contribution in [0.15, 0.2) is 23.8 Å². The lowest BCUT2D eigenvalue weighted by Crippen LogP contribution is -2.60. The summed E-state index contributed by atoms with van der Waals surface area (Å²) in [5.41, 5.74) is -1.87. The van der Waals surface area contributed by atoms with Crippen LogP contribution in [0.1, 0.15) is 41.0 Å². The van der Waals surface area contributed by atoms with Crippen molar-refractivity contribution < 1.29 is 24.5 Å². The Morgan fingerprint density at radius 3 is 2.64 bits per heavy atom. The molecule has 22 heavy (non-hydrogen) atoms. The third kappa shape index (κ3) is 2.62. The molecule has 1 saturated heterocycles. The number of epoxide rings is 1. The summed E-state index contributed by atoms with van der Waals surface area (Å²) >= 11 is 0. The SMILES string of the molecule is CCOC(=O)/C=C(C)\C=C\[C@]1(O)C(C)(C)C[C@H](O)[C@@H]2O[C@@]21C. The minimum atomic E-state index is -1.21. The van der Waals surface area contributed by atoms with E-state index in [1.165, 1.54) is 6.08 Å². The van der Waals surface area contributed by atoms with Gasteiger partial charge in [0.05, 0.1) is 12.7 Å². The van der Waals surface area contributed by atoms with E-state index in [1.54, 1.807) is 26.0 Å². The fourth-order valence-corrected chi connectivity index (χ4v) is 3.50. The number of hydrogen-bond acceptors (Lipinski definition) is 5. The highest BCUT2D eigenvalue weighted by molar-refractivity contribution is 5.83. The Hall–Kier alpha value is -1.17. The predicted octanol–water partition coefficient (Wildman–Crippen LogP) is 1.73. The second kappa shape index (κ2) is 5.48. The molecule has 2 aliphatic rings. The Morgan fingerprint density at radius 1 is 1.41 bits per heavy atom. The maximum absolute atomic E-state index is 11.4. The number of carbonyl (C=O) groups is 1. The molecule has 0 aromatic heterocycles. The minimum absolute atomic E-state index is 0.328. The fourth-order valence-electron chi connectivity index (χ4n) is 3.50. The molecule has 1 saturated carbocycles. The summed E-state index contributed by atoms with van der Waals surface area (Å²) < 4.78 is 10.5. The Labute approximate surface area is 131 Å². The van der Waals surface area contributed by atoms with Gasteiger partial charge in [-0.3, -0.25) is 0 Å². The Bertz CT molecular complexity index is 514. The molecule has 0 unspecified atom stereocenters. The van der Waals surface area contributed by atoms with Gasteiger partial charge in [0.1, 0.15) is 17.3 Å². The molecule has 5 nitrogen and oxygen atoms in total. The van der Waals surface area contributed by atoms with Crippen LogP contribution in [0.5, 0.6) is 0 Å². The van der Waals surface area contributed by atoms with Crippen molar-refractivity contribution in [3.8, 4) is 0 Å². The van der Waals surface area contributed by atoms with E-state index < -0.39 is 28.7 Å². The molecule has 0 amide bonds. The topological polar surface area (TPSA) is 79.3 Å². The third-order valence-corrected chi connectivity index (χ3v) is 4.93. The first-order chi connectivity index (χ1) is 10.1. The molecule has 1 aliphatic carbocycles. The van der Waals surface area contributed by atoms with Gasteiger partial charge in [0.2, 0.25) is 0 Å². The number of aliphatic hydroxyl groups is 2. The van der Waals surface area contributed by atoms with Gasteiger partial charge in [0, 0.05) is 11.5 Å². The monoisotopic (exact) mass is 310 g/mol. The molecule has 5 heteroatoms. The molecule has 1 aliphatic heterocycles. The molecule has 2 rings (SSSR count). The second-order valence-corrected chi connectivity index (χ2v) is 7.04. The van der Waals surface area contributed by atoms with Gasteiger partial charge in [-0.25, -0.2) is 4.79 Å². The van der Waals surface area contributed by atoms with Gasteiger partial charge >= 0.3 is 5.97 Å². The lowest BCUT2D eigenvalue weighted by Gasteiger charge is -2.48. The number of carbonyl (C=O) groups excluding carboxylic acids is 1. The number of fused-ring (bicyclic) bond motifs is 1. The quantitative estimate of drug-likeness (QED) is 0.358. The smallest absolute Gasteiger partial charge is 0.330 e. The summed E-state index contributed by atoms with van der Waals surface area (Å²) in [6.45, 7) is 9.49. The fraction of sp³-hybridized carbons (Fsp3) is 0.706. The first-order valence-corrected chi connectivity index (χ1v) is 7.70. The van der Waals surface area contributed by atoms with E-state index in [0.717, 1.165) is 0 Å². The summed E-state index contributed by atoms with van der Waals surface area (Å²) in [4.78, 5) is 11.4. The minimum Gasteiger partial charge on any atom is -0.463 e. The zero-order valence-electron chi connectivity index (χ0n) is 13.9. The van der Waals surface area contributed by atoms with Crippen LogP contribution in [0.3, 0.4) is 0 Å². The summed E-state index contributed by atoms with van der Waals surface area (Å²) in [6.07, 6.45) is 4.33. The average molecular weight is 310 g/mol. The molecule has 0 aromatic carbocycles. The van der Waals surface area contributed by atoms with Crippen LogP contribution in [0.4, 0.5) is 0 Å². The van der Waals surface area contributed by atoms with Gasteiger partial charge in [-0.05, 0) is 38.8 Å². The van der Waals surface area contributed by atoms with Gasteiger partial charge in [-0.2, -0.15) is 0 Å². The van der Waals surface area contributed by atoms with Crippen molar-refractivity contribution in [3.63, 3.8) is 0 Å². The van der Waals surface area contributed by atoms with Crippen molar-refractivity contribution in [1.29, 1.82) is 0 Å². The van der Waals surface area contributed by atoms with Gasteiger partial charge in [0.15, 0.2) is 0 Å². The number of rotatable bonds is 4. The second-order valence-electron chi connectivity index (χ2n) is 7.04. The highest BCUT2D eigenvalue weighted by atomic mass is 16.6. The van der Waals surface area contributed by atoms with E-state index in [1.807, 2.05) is 20.8 Å². The standard InChI is InChI=1S/C17H26O5/c1-6-21-13(19)9-11(2)7-8-17(20)15(3,4)10-12(18)14-16(17,5)22-14/h7-9,12,14,18,20H,6,10H2,1-5H3/b8-7+,11-9-/t12-,14-,16-,17-/m0/s1. The first-order valence-electron chi connectivity index (χ1n) is 7.70. The van der Waals surface area contributed by atoms with Crippen LogP contribution in [-0.4, -0.2) is 46.2 Å². The van der Waals surface area contributed by atoms with E-state index >= 15 is 0 Å². The van der Waals surface area contributed by atoms with E-state index in [-0.39, 0.29) is 6.10 Å². The molecule has 0 aromatic rings. The Morgan fingerprint density at radius 2 is 2.05 bits per heavy atom. The number of allylic oxidation sites excluding steroid dienone is 2. The Kier molecular flexibility index (Phi) is 4.28. The largest absolute Gasteiger partial charge is 0.463 e. The van der Waals surface area contributed by atoms with Gasteiger partial charge < -0.3 is 19.7 Å². The number of ether oxygens (including phenoxy) is 2. The number of aliphatic hydroxyl groups excluding tert-OH is 1. The molecule has 4 atom stereocenters.